The molecule has 0 saturated carbocycles. The van der Waals surface area contributed by atoms with Gasteiger partial charge in [-0.2, -0.15) is 4.98 Å². The standard InChI is InChI=1S/C23H21N3O4S/c1-15-24-21(26-30-15)14-29-18-11-9-16(10-12-18)13-17(5-4-8-22(27)28)23-25-19-6-2-3-7-20(19)31-23/h2-3,6-7,9-13H,4-5,8,14H2,1H3,(H,27,28)/b17-13-. The van der Waals surface area contributed by atoms with Crippen molar-refractivity contribution in [1.29, 1.82) is 0 Å². The Labute approximate surface area is 183 Å². The molecule has 0 aliphatic heterocycles. The number of rotatable bonds is 9. The van der Waals surface area contributed by atoms with Gasteiger partial charge in [0.1, 0.15) is 10.8 Å². The van der Waals surface area contributed by atoms with Crippen molar-refractivity contribution in [3.8, 4) is 5.75 Å². The summed E-state index contributed by atoms with van der Waals surface area (Å²) in [5.41, 5.74) is 2.97. The summed E-state index contributed by atoms with van der Waals surface area (Å²) in [6.07, 6.45) is 3.39. The van der Waals surface area contributed by atoms with E-state index in [4.69, 9.17) is 19.4 Å². The lowest BCUT2D eigenvalue weighted by Gasteiger charge is -2.06. The quantitative estimate of drug-likeness (QED) is 0.378. The van der Waals surface area contributed by atoms with Gasteiger partial charge < -0.3 is 14.4 Å². The van der Waals surface area contributed by atoms with Crippen molar-refractivity contribution in [2.45, 2.75) is 32.8 Å². The van der Waals surface area contributed by atoms with Gasteiger partial charge in [-0.1, -0.05) is 29.4 Å². The lowest BCUT2D eigenvalue weighted by Crippen LogP contribution is -1.97. The van der Waals surface area contributed by atoms with E-state index in [0.717, 1.165) is 26.4 Å². The van der Waals surface area contributed by atoms with Crippen LogP contribution in [0.25, 0.3) is 21.9 Å². The fourth-order valence-corrected chi connectivity index (χ4v) is 4.10. The Morgan fingerprint density at radius 2 is 1.94 bits per heavy atom. The van der Waals surface area contributed by atoms with E-state index >= 15 is 0 Å². The molecule has 2 aromatic carbocycles. The monoisotopic (exact) mass is 435 g/mol. The number of nitrogens with zero attached hydrogens (tertiary/aromatic N) is 3. The number of para-hydroxylation sites is 1. The molecule has 0 aliphatic rings. The Morgan fingerprint density at radius 1 is 1.13 bits per heavy atom. The van der Waals surface area contributed by atoms with Crippen LogP contribution < -0.4 is 4.74 Å². The van der Waals surface area contributed by atoms with Crippen LogP contribution in [0.2, 0.25) is 0 Å². The summed E-state index contributed by atoms with van der Waals surface area (Å²) in [6, 6.07) is 15.7. The third-order valence-corrected chi connectivity index (χ3v) is 5.68. The first-order valence-corrected chi connectivity index (χ1v) is 10.7. The zero-order valence-corrected chi connectivity index (χ0v) is 17.8. The molecule has 0 fully saturated rings. The van der Waals surface area contributed by atoms with Gasteiger partial charge in [0.25, 0.3) is 0 Å². The van der Waals surface area contributed by atoms with Crippen molar-refractivity contribution >= 4 is 39.2 Å². The van der Waals surface area contributed by atoms with Crippen LogP contribution in [0.3, 0.4) is 0 Å². The number of carbonyl (C=O) groups is 1. The van der Waals surface area contributed by atoms with Crippen molar-refractivity contribution in [2.24, 2.45) is 0 Å². The van der Waals surface area contributed by atoms with Crippen LogP contribution in [0, 0.1) is 6.92 Å². The van der Waals surface area contributed by atoms with Crippen LogP contribution in [0.5, 0.6) is 5.75 Å². The van der Waals surface area contributed by atoms with E-state index in [0.29, 0.717) is 30.3 Å². The summed E-state index contributed by atoms with van der Waals surface area (Å²) in [4.78, 5) is 19.8. The van der Waals surface area contributed by atoms with Gasteiger partial charge in [-0.05, 0) is 54.3 Å². The highest BCUT2D eigenvalue weighted by Crippen LogP contribution is 2.31. The fourth-order valence-electron chi connectivity index (χ4n) is 3.09. The van der Waals surface area contributed by atoms with E-state index in [2.05, 4.69) is 16.2 Å². The van der Waals surface area contributed by atoms with E-state index in [9.17, 15) is 4.79 Å². The average Bonchev–Trinajstić information content (AvgIpc) is 3.38. The Hall–Kier alpha value is -3.52. The molecule has 0 aliphatic carbocycles. The van der Waals surface area contributed by atoms with E-state index in [-0.39, 0.29) is 13.0 Å². The summed E-state index contributed by atoms with van der Waals surface area (Å²) in [5, 5.41) is 13.7. The number of benzene rings is 2. The Kier molecular flexibility index (Phi) is 6.37. The maximum absolute atomic E-state index is 11.0. The number of aryl methyl sites for hydroxylation is 1. The van der Waals surface area contributed by atoms with Crippen LogP contribution in [-0.4, -0.2) is 26.2 Å². The topological polar surface area (TPSA) is 98.3 Å². The predicted molar refractivity (Wildman–Crippen MR) is 119 cm³/mol. The number of hydrogen-bond acceptors (Lipinski definition) is 7. The molecule has 0 spiro atoms. The summed E-state index contributed by atoms with van der Waals surface area (Å²) >= 11 is 1.62. The predicted octanol–water partition coefficient (Wildman–Crippen LogP) is 5.36. The van der Waals surface area contributed by atoms with Crippen LogP contribution in [0.1, 0.15) is 41.5 Å². The van der Waals surface area contributed by atoms with E-state index < -0.39 is 5.97 Å². The van der Waals surface area contributed by atoms with Crippen LogP contribution in [-0.2, 0) is 11.4 Å². The number of aromatic nitrogens is 3. The van der Waals surface area contributed by atoms with Crippen molar-refractivity contribution in [3.05, 3.63) is 70.8 Å². The van der Waals surface area contributed by atoms with Crippen molar-refractivity contribution in [1.82, 2.24) is 15.1 Å². The number of aliphatic carboxylic acids is 1. The minimum atomic E-state index is -0.790. The molecule has 0 amide bonds. The highest BCUT2D eigenvalue weighted by molar-refractivity contribution is 7.19. The maximum atomic E-state index is 11.0. The van der Waals surface area contributed by atoms with Crippen LogP contribution in [0.15, 0.2) is 53.1 Å². The molecule has 2 heterocycles. The van der Waals surface area contributed by atoms with Crippen molar-refractivity contribution in [3.63, 3.8) is 0 Å². The third-order valence-electron chi connectivity index (χ3n) is 4.56. The summed E-state index contributed by atoms with van der Waals surface area (Å²) in [5.74, 6) is 0.913. The van der Waals surface area contributed by atoms with E-state index in [1.165, 1.54) is 0 Å². The summed E-state index contributed by atoms with van der Waals surface area (Å²) in [7, 11) is 0. The zero-order chi connectivity index (χ0) is 21.6. The molecule has 0 atom stereocenters. The number of carboxylic acid groups (broad SMARTS) is 1. The number of allylic oxidation sites excluding steroid dienone is 1. The van der Waals surface area contributed by atoms with Crippen LogP contribution in [0.4, 0.5) is 0 Å². The van der Waals surface area contributed by atoms with Crippen molar-refractivity contribution < 1.29 is 19.2 Å². The minimum Gasteiger partial charge on any atom is -0.485 e. The average molecular weight is 436 g/mol. The second kappa shape index (κ2) is 9.53. The molecule has 7 nitrogen and oxygen atoms in total. The number of carboxylic acids is 1. The Morgan fingerprint density at radius 3 is 2.65 bits per heavy atom. The van der Waals surface area contributed by atoms with Gasteiger partial charge in [-0.3, -0.25) is 4.79 Å². The van der Waals surface area contributed by atoms with Gasteiger partial charge >= 0.3 is 5.97 Å². The highest BCUT2D eigenvalue weighted by atomic mass is 32.1. The van der Waals surface area contributed by atoms with Gasteiger partial charge in [0, 0.05) is 13.3 Å². The molecule has 0 radical (unpaired) electrons. The summed E-state index contributed by atoms with van der Waals surface area (Å²) < 4.78 is 11.7. The normalized spacial score (nSPS) is 11.7. The minimum absolute atomic E-state index is 0.130. The number of fused-ring (bicyclic) bond motifs is 1. The molecule has 0 saturated heterocycles. The molecule has 0 unspecified atom stereocenters. The third kappa shape index (κ3) is 5.55. The second-order valence-corrected chi connectivity index (χ2v) is 8.02. The first-order chi connectivity index (χ1) is 15.1. The van der Waals surface area contributed by atoms with Gasteiger partial charge in [0.05, 0.1) is 10.2 Å². The molecule has 4 rings (SSSR count). The Balaban J connectivity index is 1.52. The molecule has 2 aromatic heterocycles. The van der Waals surface area contributed by atoms with Gasteiger partial charge in [-0.15, -0.1) is 11.3 Å². The van der Waals surface area contributed by atoms with Gasteiger partial charge in [-0.25, -0.2) is 4.98 Å². The van der Waals surface area contributed by atoms with Crippen molar-refractivity contribution in [2.75, 3.05) is 0 Å². The highest BCUT2D eigenvalue weighted by Gasteiger charge is 2.10. The van der Waals surface area contributed by atoms with Crippen LogP contribution >= 0.6 is 11.3 Å². The summed E-state index contributed by atoms with van der Waals surface area (Å²) in [6.45, 7) is 1.97. The van der Waals surface area contributed by atoms with Gasteiger partial charge in [0.2, 0.25) is 11.7 Å². The Bertz CT molecular complexity index is 1180. The molecular formula is C23H21N3O4S. The molecule has 1 N–H and O–H groups in total. The lowest BCUT2D eigenvalue weighted by atomic mass is 10.1. The van der Waals surface area contributed by atoms with Gasteiger partial charge in [0.15, 0.2) is 6.61 Å². The van der Waals surface area contributed by atoms with E-state index in [1.54, 1.807) is 18.3 Å². The number of hydrogen-bond donors (Lipinski definition) is 1. The fraction of sp³-hybridized carbons (Fsp3) is 0.217. The lowest BCUT2D eigenvalue weighted by molar-refractivity contribution is -0.137. The molecule has 4 aromatic rings. The number of ether oxygens (including phenoxy) is 1. The molecule has 31 heavy (non-hydrogen) atoms. The molecule has 0 bridgehead atoms. The molecular weight excluding hydrogens is 414 g/mol. The maximum Gasteiger partial charge on any atom is 0.303 e. The SMILES string of the molecule is Cc1nc(COc2ccc(/C=C(/CCCC(=O)O)c3nc4ccccc4s3)cc2)no1. The van der Waals surface area contributed by atoms with E-state index in [1.807, 2.05) is 48.5 Å². The first-order valence-electron chi connectivity index (χ1n) is 9.87. The smallest absolute Gasteiger partial charge is 0.303 e. The first kappa shape index (κ1) is 20.7. The largest absolute Gasteiger partial charge is 0.485 e. The second-order valence-electron chi connectivity index (χ2n) is 6.99. The zero-order valence-electron chi connectivity index (χ0n) is 16.9. The number of thiazole rings is 1. The molecule has 8 heteroatoms. The molecule has 158 valence electrons.